The molecule has 3 rings (SSSR count). The minimum Gasteiger partial charge on any atom is -0.378 e. The average molecular weight is 418 g/mol. The molecular weight excluding hydrogens is 401 g/mol. The van der Waals surface area contributed by atoms with Crippen LogP contribution in [0.2, 0.25) is 0 Å². The minimum absolute atomic E-state index is 0.287. The number of nitrogens with one attached hydrogen (secondary N) is 1. The molecule has 1 N–H and O–H groups in total. The lowest BCUT2D eigenvalue weighted by molar-refractivity contribution is -0.0384. The predicted octanol–water partition coefficient (Wildman–Crippen LogP) is 3.29. The highest BCUT2D eigenvalue weighted by atomic mass is 32.2. The summed E-state index contributed by atoms with van der Waals surface area (Å²) in [5.41, 5.74) is -3.29. The number of benzene rings is 2. The first kappa shape index (κ1) is 19.8. The van der Waals surface area contributed by atoms with Crippen LogP contribution in [0.3, 0.4) is 0 Å². The number of hydrogen-bond donors (Lipinski definition) is 1. The van der Waals surface area contributed by atoms with Crippen LogP contribution in [0.5, 0.6) is 0 Å². The zero-order valence-corrected chi connectivity index (χ0v) is 15.7. The highest BCUT2D eigenvalue weighted by molar-refractivity contribution is 7.86. The van der Waals surface area contributed by atoms with Crippen LogP contribution in [0.1, 0.15) is 0 Å². The van der Waals surface area contributed by atoms with E-state index in [1.807, 2.05) is 12.1 Å². The Balaban J connectivity index is 1.75. The van der Waals surface area contributed by atoms with Crippen LogP contribution in [-0.4, -0.2) is 40.2 Å². The summed E-state index contributed by atoms with van der Waals surface area (Å²) in [4.78, 5) is 2.02. The summed E-state index contributed by atoms with van der Waals surface area (Å²) >= 11 is 0. The largest absolute Gasteiger partial charge is 0.475 e. The molecule has 27 heavy (non-hydrogen) atoms. The summed E-state index contributed by atoms with van der Waals surface area (Å²) in [6.45, 7) is 2.64. The van der Waals surface area contributed by atoms with Gasteiger partial charge in [0.05, 0.1) is 29.5 Å². The fourth-order valence-corrected chi connectivity index (χ4v) is 4.14. The van der Waals surface area contributed by atoms with E-state index in [2.05, 4.69) is 9.62 Å². The van der Waals surface area contributed by atoms with Gasteiger partial charge in [0, 0.05) is 18.0 Å². The quantitative estimate of drug-likeness (QED) is 0.810. The van der Waals surface area contributed by atoms with Gasteiger partial charge in [-0.3, -0.25) is 4.72 Å². The van der Waals surface area contributed by atoms with Gasteiger partial charge in [-0.25, -0.2) is 8.42 Å². The summed E-state index contributed by atoms with van der Waals surface area (Å²) in [6, 6.07) is 12.1. The Kier molecular flexibility index (Phi) is 6.18. The van der Waals surface area contributed by atoms with Crippen LogP contribution in [-0.2, 0) is 26.5 Å². The number of anilines is 2. The van der Waals surface area contributed by atoms with E-state index in [0.717, 1.165) is 17.8 Å². The molecule has 2 atom stereocenters. The molecule has 1 aliphatic rings. The number of alkyl halides is 3. The van der Waals surface area contributed by atoms with Gasteiger partial charge in [-0.15, -0.1) is 0 Å². The number of ether oxygens (including phenoxy) is 1. The summed E-state index contributed by atoms with van der Waals surface area (Å²) in [5.74, 6) is 0. The third kappa shape index (κ3) is 4.88. The van der Waals surface area contributed by atoms with Gasteiger partial charge in [-0.1, -0.05) is 12.1 Å². The number of rotatable bonds is 5. The van der Waals surface area contributed by atoms with Crippen LogP contribution in [0, 0.1) is 0 Å². The van der Waals surface area contributed by atoms with Gasteiger partial charge >= 0.3 is 5.51 Å². The second-order valence-corrected chi connectivity index (χ2v) is 8.36. The third-order valence-electron chi connectivity index (χ3n) is 3.92. The smallest absolute Gasteiger partial charge is 0.378 e. The fraction of sp³-hybridized carbons (Fsp3) is 0.294. The second kappa shape index (κ2) is 8.41. The lowest BCUT2D eigenvalue weighted by Crippen LogP contribution is -2.36. The molecule has 0 aromatic heterocycles. The van der Waals surface area contributed by atoms with Gasteiger partial charge in [0.25, 0.3) is 0 Å². The van der Waals surface area contributed by atoms with Crippen molar-refractivity contribution in [1.29, 1.82) is 0 Å². The van der Waals surface area contributed by atoms with E-state index < -0.39 is 27.3 Å². The van der Waals surface area contributed by atoms with Crippen molar-refractivity contribution < 1.29 is 26.3 Å². The molecule has 1 saturated heterocycles. The van der Waals surface area contributed by atoms with E-state index in [0.29, 0.717) is 32.0 Å². The Hall–Kier alpha value is -1.91. The fourth-order valence-electron chi connectivity index (χ4n) is 2.62. The number of halogens is 3. The first-order valence-corrected chi connectivity index (χ1v) is 10.3. The zero-order chi connectivity index (χ0) is 19.4. The molecule has 0 saturated carbocycles. The maximum atomic E-state index is 12.6. The number of morpholine rings is 1. The van der Waals surface area contributed by atoms with Crippen LogP contribution >= 0.6 is 0 Å². The van der Waals surface area contributed by atoms with Crippen molar-refractivity contribution >= 4 is 33.2 Å². The maximum Gasteiger partial charge on any atom is 0.475 e. The van der Waals surface area contributed by atoms with Gasteiger partial charge in [0.2, 0.25) is 0 Å². The van der Waals surface area contributed by atoms with E-state index >= 15 is 0 Å². The second-order valence-electron chi connectivity index (χ2n) is 5.67. The molecule has 0 radical (unpaired) electrons. The Labute approximate surface area is 159 Å². The maximum absolute atomic E-state index is 12.6. The van der Waals surface area contributed by atoms with Crippen molar-refractivity contribution in [2.75, 3.05) is 35.9 Å². The minimum atomic E-state index is -4.82. The monoisotopic (exact) mass is 418 g/mol. The van der Waals surface area contributed by atoms with Crippen LogP contribution < -0.4 is 9.62 Å². The molecule has 10 heteroatoms. The van der Waals surface area contributed by atoms with Gasteiger partial charge in [0.15, 0.2) is 10.8 Å². The van der Waals surface area contributed by atoms with E-state index in [1.165, 1.54) is 12.1 Å². The molecule has 1 heterocycles. The number of hydrogen-bond acceptors (Lipinski definition) is 4. The number of nitrogens with zero attached hydrogens (tertiary/aromatic N) is 1. The van der Waals surface area contributed by atoms with Crippen molar-refractivity contribution in [3.8, 4) is 0 Å². The molecule has 1 fully saturated rings. The summed E-state index contributed by atoms with van der Waals surface area (Å²) in [7, 11) is -4.78. The molecule has 2 unspecified atom stereocenters. The van der Waals surface area contributed by atoms with Gasteiger partial charge in [0.1, 0.15) is 11.0 Å². The Morgan fingerprint density at radius 2 is 1.52 bits per heavy atom. The number of para-hydroxylation sites is 2. The molecule has 5 nitrogen and oxygen atoms in total. The first-order valence-electron chi connectivity index (χ1n) is 8.05. The topological polar surface area (TPSA) is 58.6 Å². The molecule has 2 aromatic carbocycles. The molecule has 0 amide bonds. The summed E-state index contributed by atoms with van der Waals surface area (Å²) in [6.07, 6.45) is 0. The van der Waals surface area contributed by atoms with Crippen molar-refractivity contribution in [2.24, 2.45) is 0 Å². The standard InChI is InChI=1S/C17H17F3N2O3S2/c18-17(19,20)26(23)13-5-7-14(8-6-13)27(24)21-15-3-1-2-4-16(15)22-9-11-25-12-10-22/h1-8,21H,9-12H2. The van der Waals surface area contributed by atoms with E-state index in [4.69, 9.17) is 4.74 Å². The van der Waals surface area contributed by atoms with Crippen LogP contribution in [0.25, 0.3) is 0 Å². The Morgan fingerprint density at radius 1 is 0.926 bits per heavy atom. The van der Waals surface area contributed by atoms with Gasteiger partial charge < -0.3 is 9.64 Å². The molecule has 2 aromatic rings. The lowest BCUT2D eigenvalue weighted by atomic mass is 10.2. The Morgan fingerprint density at radius 3 is 2.15 bits per heavy atom. The molecule has 0 aliphatic carbocycles. The third-order valence-corrected chi connectivity index (χ3v) is 6.15. The highest BCUT2D eigenvalue weighted by Crippen LogP contribution is 2.29. The predicted molar refractivity (Wildman–Crippen MR) is 98.4 cm³/mol. The summed E-state index contributed by atoms with van der Waals surface area (Å²) < 4.78 is 69.7. The van der Waals surface area contributed by atoms with Crippen LogP contribution in [0.15, 0.2) is 58.3 Å². The molecular formula is C17H17F3N2O3S2. The van der Waals surface area contributed by atoms with E-state index in [-0.39, 0.29) is 9.79 Å². The van der Waals surface area contributed by atoms with Crippen molar-refractivity contribution in [3.05, 3.63) is 48.5 Å². The highest BCUT2D eigenvalue weighted by Gasteiger charge is 2.37. The molecule has 0 bridgehead atoms. The molecule has 0 spiro atoms. The molecule has 1 aliphatic heterocycles. The Bertz CT molecular complexity index is 838. The van der Waals surface area contributed by atoms with Crippen molar-refractivity contribution in [2.45, 2.75) is 15.3 Å². The van der Waals surface area contributed by atoms with Gasteiger partial charge in [-0.05, 0) is 36.4 Å². The van der Waals surface area contributed by atoms with Gasteiger partial charge in [-0.2, -0.15) is 13.2 Å². The normalized spacial score (nSPS) is 17.4. The van der Waals surface area contributed by atoms with E-state index in [9.17, 15) is 21.6 Å². The summed E-state index contributed by atoms with van der Waals surface area (Å²) in [5, 5.41) is 0. The van der Waals surface area contributed by atoms with Crippen molar-refractivity contribution in [1.82, 2.24) is 0 Å². The molecule has 146 valence electrons. The van der Waals surface area contributed by atoms with E-state index in [1.54, 1.807) is 12.1 Å². The zero-order valence-electron chi connectivity index (χ0n) is 14.1. The first-order chi connectivity index (χ1) is 12.9. The average Bonchev–Trinajstić information content (AvgIpc) is 2.68. The lowest BCUT2D eigenvalue weighted by Gasteiger charge is -2.30. The van der Waals surface area contributed by atoms with Crippen LogP contribution in [0.4, 0.5) is 24.5 Å². The SMILES string of the molecule is O=S(Nc1ccccc1N1CCOCC1)c1ccc(S(=O)C(F)(F)F)cc1. The van der Waals surface area contributed by atoms with Crippen molar-refractivity contribution in [3.63, 3.8) is 0 Å².